The van der Waals surface area contributed by atoms with Crippen LogP contribution in [0.4, 0.5) is 10.5 Å². The molecule has 2 aromatic rings. The normalized spacial score (nSPS) is 10.3. The number of hydrogen-bond donors (Lipinski definition) is 3. The van der Waals surface area contributed by atoms with Crippen molar-refractivity contribution in [1.82, 2.24) is 10.6 Å². The first-order valence-electron chi connectivity index (χ1n) is 9.33. The van der Waals surface area contributed by atoms with E-state index in [0.717, 1.165) is 39.3 Å². The van der Waals surface area contributed by atoms with Gasteiger partial charge in [0.15, 0.2) is 0 Å². The summed E-state index contributed by atoms with van der Waals surface area (Å²) < 4.78 is 5.34. The van der Waals surface area contributed by atoms with Crippen molar-refractivity contribution < 1.29 is 14.3 Å². The Morgan fingerprint density at radius 2 is 1.61 bits per heavy atom. The maximum atomic E-state index is 12.2. The highest BCUT2D eigenvalue weighted by molar-refractivity contribution is 5.95. The molecule has 0 bridgehead atoms. The van der Waals surface area contributed by atoms with Crippen LogP contribution in [0.15, 0.2) is 30.3 Å². The van der Waals surface area contributed by atoms with E-state index in [9.17, 15) is 9.59 Å². The van der Waals surface area contributed by atoms with Crippen LogP contribution in [0, 0.1) is 27.7 Å². The van der Waals surface area contributed by atoms with E-state index in [4.69, 9.17) is 4.74 Å². The van der Waals surface area contributed by atoms with E-state index in [2.05, 4.69) is 16.0 Å². The molecule has 0 saturated carbocycles. The number of carbonyl (C=O) groups is 2. The van der Waals surface area contributed by atoms with Crippen LogP contribution >= 0.6 is 0 Å². The molecule has 3 N–H and O–H groups in total. The molecule has 28 heavy (non-hydrogen) atoms. The fraction of sp³-hybridized carbons (Fsp3) is 0.364. The van der Waals surface area contributed by atoms with Crippen molar-refractivity contribution in [3.05, 3.63) is 58.1 Å². The summed E-state index contributed by atoms with van der Waals surface area (Å²) in [4.78, 5) is 24.1. The fourth-order valence-corrected chi connectivity index (χ4v) is 3.20. The van der Waals surface area contributed by atoms with Gasteiger partial charge >= 0.3 is 6.03 Å². The first kappa shape index (κ1) is 21.3. The zero-order chi connectivity index (χ0) is 20.7. The lowest BCUT2D eigenvalue weighted by Crippen LogP contribution is -2.40. The smallest absolute Gasteiger partial charge is 0.315 e. The number of methoxy groups -OCH3 is 1. The third-order valence-corrected chi connectivity index (χ3v) is 4.47. The van der Waals surface area contributed by atoms with E-state index in [0.29, 0.717) is 13.0 Å². The predicted octanol–water partition coefficient (Wildman–Crippen LogP) is 3.41. The van der Waals surface area contributed by atoms with Gasteiger partial charge in [-0.1, -0.05) is 35.4 Å². The van der Waals surface area contributed by atoms with Crippen LogP contribution in [0.25, 0.3) is 0 Å². The van der Waals surface area contributed by atoms with Crippen LogP contribution in [-0.4, -0.2) is 32.1 Å². The molecule has 0 aromatic heterocycles. The fourth-order valence-electron chi connectivity index (χ4n) is 3.20. The predicted molar refractivity (Wildman–Crippen MR) is 112 cm³/mol. The number of nitrogens with one attached hydrogen (secondary N) is 3. The number of hydrogen-bond acceptors (Lipinski definition) is 3. The highest BCUT2D eigenvalue weighted by atomic mass is 16.5. The van der Waals surface area contributed by atoms with Crippen molar-refractivity contribution in [1.29, 1.82) is 0 Å². The van der Waals surface area contributed by atoms with Crippen molar-refractivity contribution in [3.63, 3.8) is 0 Å². The van der Waals surface area contributed by atoms with Crippen LogP contribution < -0.4 is 20.7 Å². The molecule has 6 heteroatoms. The van der Waals surface area contributed by atoms with Crippen molar-refractivity contribution >= 4 is 17.6 Å². The van der Waals surface area contributed by atoms with Gasteiger partial charge in [-0.2, -0.15) is 0 Å². The first-order valence-corrected chi connectivity index (χ1v) is 9.33. The van der Waals surface area contributed by atoms with Gasteiger partial charge in [-0.05, 0) is 56.9 Å². The maximum Gasteiger partial charge on any atom is 0.315 e. The molecule has 6 nitrogen and oxygen atoms in total. The first-order chi connectivity index (χ1) is 13.3. The van der Waals surface area contributed by atoms with E-state index in [1.54, 1.807) is 7.11 Å². The van der Waals surface area contributed by atoms with Gasteiger partial charge in [0.25, 0.3) is 0 Å². The molecular formula is C22H29N3O3. The quantitative estimate of drug-likeness (QED) is 0.685. The number of aryl methyl sites for hydroxylation is 4. The molecule has 0 saturated heterocycles. The molecule has 0 spiro atoms. The van der Waals surface area contributed by atoms with Gasteiger partial charge < -0.3 is 20.7 Å². The lowest BCUT2D eigenvalue weighted by molar-refractivity contribution is -0.115. The molecule has 2 rings (SSSR count). The molecular weight excluding hydrogens is 354 g/mol. The molecule has 0 atom stereocenters. The summed E-state index contributed by atoms with van der Waals surface area (Å²) in [5, 5.41) is 8.22. The summed E-state index contributed by atoms with van der Waals surface area (Å²) in [5.74, 6) is 0.543. The highest BCUT2D eigenvalue weighted by Gasteiger charge is 2.10. The van der Waals surface area contributed by atoms with E-state index < -0.39 is 0 Å². The Bertz CT molecular complexity index is 839. The van der Waals surface area contributed by atoms with Crippen LogP contribution in [0.1, 0.15) is 27.8 Å². The molecule has 0 fully saturated rings. The molecule has 3 amide bonds. The summed E-state index contributed by atoms with van der Waals surface area (Å²) in [6, 6.07) is 9.60. The summed E-state index contributed by atoms with van der Waals surface area (Å²) in [7, 11) is 1.63. The van der Waals surface area contributed by atoms with Crippen LogP contribution in [0.5, 0.6) is 5.75 Å². The summed E-state index contributed by atoms with van der Waals surface area (Å²) in [5.41, 5.74) is 6.12. The minimum atomic E-state index is -0.376. The Kier molecular flexibility index (Phi) is 7.44. The molecule has 0 aliphatic heterocycles. The van der Waals surface area contributed by atoms with E-state index in [1.165, 1.54) is 0 Å². The van der Waals surface area contributed by atoms with Crippen molar-refractivity contribution in [2.75, 3.05) is 25.5 Å². The summed E-state index contributed by atoms with van der Waals surface area (Å²) in [6.07, 6.45) is 0.645. The Labute approximate surface area is 166 Å². The number of rotatable bonds is 7. The molecule has 0 heterocycles. The van der Waals surface area contributed by atoms with Gasteiger partial charge in [-0.3, -0.25) is 4.79 Å². The zero-order valence-corrected chi connectivity index (χ0v) is 17.2. The minimum Gasteiger partial charge on any atom is -0.496 e. The Morgan fingerprint density at radius 3 is 2.25 bits per heavy atom. The van der Waals surface area contributed by atoms with E-state index >= 15 is 0 Å². The second-order valence-corrected chi connectivity index (χ2v) is 7.00. The van der Waals surface area contributed by atoms with Crippen molar-refractivity contribution in [2.45, 2.75) is 34.1 Å². The molecule has 150 valence electrons. The largest absolute Gasteiger partial charge is 0.496 e. The number of amides is 3. The highest BCUT2D eigenvalue weighted by Crippen LogP contribution is 2.22. The van der Waals surface area contributed by atoms with Crippen LogP contribution in [-0.2, 0) is 11.2 Å². The molecule has 0 unspecified atom stereocenters. The number of ether oxygens (including phenoxy) is 1. The minimum absolute atomic E-state index is 0.0909. The SMILES string of the molecule is COc1ccc(C)cc1CCNC(=O)NCC(=O)Nc1c(C)cc(C)cc1C. The molecule has 0 radical (unpaired) electrons. The Balaban J connectivity index is 1.78. The van der Waals surface area contributed by atoms with Gasteiger partial charge in [0, 0.05) is 12.2 Å². The Hall–Kier alpha value is -3.02. The third kappa shape index (κ3) is 6.01. The Morgan fingerprint density at radius 1 is 0.929 bits per heavy atom. The monoisotopic (exact) mass is 383 g/mol. The van der Waals surface area contributed by atoms with E-state index in [1.807, 2.05) is 58.0 Å². The molecule has 0 aliphatic carbocycles. The average molecular weight is 383 g/mol. The number of carbonyl (C=O) groups excluding carboxylic acids is 2. The number of benzene rings is 2. The zero-order valence-electron chi connectivity index (χ0n) is 17.2. The number of urea groups is 1. The van der Waals surface area contributed by atoms with Crippen molar-refractivity contribution in [3.8, 4) is 5.75 Å². The van der Waals surface area contributed by atoms with Gasteiger partial charge in [0.1, 0.15) is 5.75 Å². The molecule has 2 aromatic carbocycles. The third-order valence-electron chi connectivity index (χ3n) is 4.47. The average Bonchev–Trinajstić information content (AvgIpc) is 2.63. The lowest BCUT2D eigenvalue weighted by Gasteiger charge is -2.14. The summed E-state index contributed by atoms with van der Waals surface area (Å²) >= 11 is 0. The number of anilines is 1. The van der Waals surface area contributed by atoms with Gasteiger partial charge in [0.05, 0.1) is 13.7 Å². The second kappa shape index (κ2) is 9.78. The van der Waals surface area contributed by atoms with Crippen LogP contribution in [0.2, 0.25) is 0 Å². The standard InChI is InChI=1S/C22H29N3O3/c1-14-6-7-19(28-5)18(12-14)8-9-23-22(27)24-13-20(26)25-21-16(3)10-15(2)11-17(21)4/h6-7,10-12H,8-9,13H2,1-5H3,(H,25,26)(H2,23,24,27). The molecule has 0 aliphatic rings. The topological polar surface area (TPSA) is 79.5 Å². The second-order valence-electron chi connectivity index (χ2n) is 7.00. The van der Waals surface area contributed by atoms with Gasteiger partial charge in [-0.25, -0.2) is 4.79 Å². The van der Waals surface area contributed by atoms with E-state index in [-0.39, 0.29) is 18.5 Å². The van der Waals surface area contributed by atoms with Crippen molar-refractivity contribution in [2.24, 2.45) is 0 Å². The summed E-state index contributed by atoms with van der Waals surface area (Å²) in [6.45, 7) is 8.30. The van der Waals surface area contributed by atoms with Gasteiger partial charge in [-0.15, -0.1) is 0 Å². The van der Waals surface area contributed by atoms with Crippen LogP contribution in [0.3, 0.4) is 0 Å². The maximum absolute atomic E-state index is 12.2. The lowest BCUT2D eigenvalue weighted by atomic mass is 10.1. The van der Waals surface area contributed by atoms with Gasteiger partial charge in [0.2, 0.25) is 5.91 Å².